The molecule has 0 radical (unpaired) electrons. The molecule has 2 aromatic heterocycles. The van der Waals surface area contributed by atoms with Crippen molar-refractivity contribution in [2.45, 2.75) is 32.7 Å². The van der Waals surface area contributed by atoms with Crippen molar-refractivity contribution in [2.75, 3.05) is 31.6 Å². The SMILES string of the molecule is CN=C(NCc1cccnc1N1CCC(C(N)=O)CC1)NCC(C)Cc1cccs1. The number of nitrogens with one attached hydrogen (secondary N) is 2. The number of guanidine groups is 1. The van der Waals surface area contributed by atoms with Crippen LogP contribution in [0.2, 0.25) is 0 Å². The lowest BCUT2D eigenvalue weighted by Gasteiger charge is -2.32. The van der Waals surface area contributed by atoms with Crippen LogP contribution >= 0.6 is 11.3 Å². The van der Waals surface area contributed by atoms with Crippen LogP contribution < -0.4 is 21.3 Å². The van der Waals surface area contributed by atoms with Gasteiger partial charge in [0.05, 0.1) is 0 Å². The van der Waals surface area contributed by atoms with Gasteiger partial charge < -0.3 is 21.3 Å². The van der Waals surface area contributed by atoms with E-state index in [9.17, 15) is 4.79 Å². The number of nitrogens with zero attached hydrogens (tertiary/aromatic N) is 3. The summed E-state index contributed by atoms with van der Waals surface area (Å²) in [6.45, 7) is 5.33. The van der Waals surface area contributed by atoms with Crippen LogP contribution in [0, 0.1) is 11.8 Å². The molecule has 8 heteroatoms. The average Bonchev–Trinajstić information content (AvgIpc) is 3.27. The molecule has 1 aliphatic heterocycles. The largest absolute Gasteiger partial charge is 0.369 e. The first-order chi connectivity index (χ1) is 14.6. The summed E-state index contributed by atoms with van der Waals surface area (Å²) in [5, 5.41) is 8.96. The molecule has 0 aromatic carbocycles. The molecule has 4 N–H and O–H groups in total. The van der Waals surface area contributed by atoms with Gasteiger partial charge in [0.2, 0.25) is 5.91 Å². The minimum absolute atomic E-state index is 0.0225. The van der Waals surface area contributed by atoms with E-state index < -0.39 is 0 Å². The molecule has 0 saturated carbocycles. The summed E-state index contributed by atoms with van der Waals surface area (Å²) >= 11 is 1.80. The molecule has 0 spiro atoms. The van der Waals surface area contributed by atoms with Gasteiger partial charge in [-0.05, 0) is 42.7 Å². The monoisotopic (exact) mass is 428 g/mol. The number of nitrogens with two attached hydrogens (primary N) is 1. The number of hydrogen-bond donors (Lipinski definition) is 3. The standard InChI is InChI=1S/C22H32N6OS/c1-16(13-19-6-4-12-30-19)14-26-22(24-2)27-15-18-5-3-9-25-21(18)28-10-7-17(8-11-28)20(23)29/h3-6,9,12,16-17H,7-8,10-11,13-15H2,1-2H3,(H2,23,29)(H2,24,26,27). The highest BCUT2D eigenvalue weighted by Gasteiger charge is 2.25. The van der Waals surface area contributed by atoms with E-state index >= 15 is 0 Å². The molecule has 1 amide bonds. The summed E-state index contributed by atoms with van der Waals surface area (Å²) in [5.74, 6) is 2.05. The third-order valence-corrected chi connectivity index (χ3v) is 6.38. The van der Waals surface area contributed by atoms with Crippen molar-refractivity contribution >= 4 is 29.0 Å². The predicted molar refractivity (Wildman–Crippen MR) is 124 cm³/mol. The number of thiophene rings is 1. The maximum atomic E-state index is 11.4. The van der Waals surface area contributed by atoms with Crippen molar-refractivity contribution in [2.24, 2.45) is 22.6 Å². The van der Waals surface area contributed by atoms with Crippen LogP contribution in [-0.4, -0.2) is 43.5 Å². The number of piperidine rings is 1. The number of hydrogen-bond acceptors (Lipinski definition) is 5. The second-order valence-electron chi connectivity index (χ2n) is 7.85. The number of aromatic nitrogens is 1. The zero-order valence-electron chi connectivity index (χ0n) is 17.8. The topological polar surface area (TPSA) is 95.6 Å². The zero-order valence-corrected chi connectivity index (χ0v) is 18.6. The van der Waals surface area contributed by atoms with Gasteiger partial charge >= 0.3 is 0 Å². The predicted octanol–water partition coefficient (Wildman–Crippen LogP) is 2.39. The smallest absolute Gasteiger partial charge is 0.220 e. The molecular weight excluding hydrogens is 396 g/mol. The Labute approximate surface area is 182 Å². The van der Waals surface area contributed by atoms with Crippen LogP contribution in [0.25, 0.3) is 0 Å². The lowest BCUT2D eigenvalue weighted by atomic mass is 9.96. The van der Waals surface area contributed by atoms with E-state index in [0.717, 1.165) is 56.2 Å². The Kier molecular flexibility index (Phi) is 8.07. The van der Waals surface area contributed by atoms with Crippen LogP contribution in [0.15, 0.2) is 40.8 Å². The Bertz CT molecular complexity index is 830. The van der Waals surface area contributed by atoms with Gasteiger partial charge in [0.1, 0.15) is 5.82 Å². The molecule has 0 bridgehead atoms. The number of aliphatic imine (C=N–C) groups is 1. The lowest BCUT2D eigenvalue weighted by molar-refractivity contribution is -0.122. The van der Waals surface area contributed by atoms with Gasteiger partial charge in [0.15, 0.2) is 5.96 Å². The van der Waals surface area contributed by atoms with E-state index in [1.54, 1.807) is 18.4 Å². The van der Waals surface area contributed by atoms with Gasteiger partial charge in [-0.25, -0.2) is 4.98 Å². The van der Waals surface area contributed by atoms with Crippen molar-refractivity contribution < 1.29 is 4.79 Å². The summed E-state index contributed by atoms with van der Waals surface area (Å²) < 4.78 is 0. The van der Waals surface area contributed by atoms with Gasteiger partial charge in [-0.15, -0.1) is 11.3 Å². The first-order valence-electron chi connectivity index (χ1n) is 10.5. The van der Waals surface area contributed by atoms with Crippen LogP contribution in [-0.2, 0) is 17.8 Å². The Morgan fingerprint density at radius 3 is 2.80 bits per heavy atom. The number of rotatable bonds is 8. The van der Waals surface area contributed by atoms with E-state index in [1.807, 2.05) is 12.3 Å². The van der Waals surface area contributed by atoms with Gasteiger partial charge in [0.25, 0.3) is 0 Å². The fraction of sp³-hybridized carbons (Fsp3) is 0.500. The summed E-state index contributed by atoms with van der Waals surface area (Å²) in [6.07, 6.45) is 4.45. The third-order valence-electron chi connectivity index (χ3n) is 5.48. The Morgan fingerprint density at radius 1 is 1.33 bits per heavy atom. The van der Waals surface area contributed by atoms with Crippen molar-refractivity contribution in [3.8, 4) is 0 Å². The number of anilines is 1. The fourth-order valence-electron chi connectivity index (χ4n) is 3.74. The number of carbonyl (C=O) groups is 1. The molecule has 7 nitrogen and oxygen atoms in total. The van der Waals surface area contributed by atoms with Crippen LogP contribution in [0.5, 0.6) is 0 Å². The molecule has 30 heavy (non-hydrogen) atoms. The highest BCUT2D eigenvalue weighted by Crippen LogP contribution is 2.24. The third kappa shape index (κ3) is 6.19. The van der Waals surface area contributed by atoms with Crippen LogP contribution in [0.1, 0.15) is 30.2 Å². The van der Waals surface area contributed by atoms with E-state index in [2.05, 4.69) is 56.0 Å². The van der Waals surface area contributed by atoms with Gasteiger partial charge in [0, 0.05) is 55.8 Å². The average molecular weight is 429 g/mol. The van der Waals surface area contributed by atoms with E-state index in [1.165, 1.54) is 4.88 Å². The molecule has 2 aromatic rings. The maximum Gasteiger partial charge on any atom is 0.220 e. The van der Waals surface area contributed by atoms with Gasteiger partial charge in [-0.3, -0.25) is 9.79 Å². The molecule has 1 fully saturated rings. The fourth-order valence-corrected chi connectivity index (χ4v) is 4.61. The first kappa shape index (κ1) is 22.1. The second-order valence-corrected chi connectivity index (χ2v) is 8.88. The maximum absolute atomic E-state index is 11.4. The lowest BCUT2D eigenvalue weighted by Crippen LogP contribution is -2.41. The molecule has 1 unspecified atom stereocenters. The molecule has 162 valence electrons. The van der Waals surface area contributed by atoms with E-state index in [-0.39, 0.29) is 11.8 Å². The highest BCUT2D eigenvalue weighted by atomic mass is 32.1. The molecule has 3 rings (SSSR count). The van der Waals surface area contributed by atoms with Crippen molar-refractivity contribution in [1.29, 1.82) is 0 Å². The van der Waals surface area contributed by atoms with Crippen molar-refractivity contribution in [1.82, 2.24) is 15.6 Å². The van der Waals surface area contributed by atoms with Crippen LogP contribution in [0.4, 0.5) is 5.82 Å². The van der Waals surface area contributed by atoms with Gasteiger partial charge in [-0.2, -0.15) is 0 Å². The van der Waals surface area contributed by atoms with Gasteiger partial charge in [-0.1, -0.05) is 19.1 Å². The van der Waals surface area contributed by atoms with E-state index in [4.69, 9.17) is 5.73 Å². The molecule has 1 aliphatic rings. The number of carbonyl (C=O) groups excluding carboxylic acids is 1. The zero-order chi connectivity index (χ0) is 21.3. The Morgan fingerprint density at radius 2 is 2.13 bits per heavy atom. The quantitative estimate of drug-likeness (QED) is 0.443. The Balaban J connectivity index is 1.51. The minimum Gasteiger partial charge on any atom is -0.369 e. The number of primary amides is 1. The summed E-state index contributed by atoms with van der Waals surface area (Å²) in [4.78, 5) is 24.0. The van der Waals surface area contributed by atoms with E-state index in [0.29, 0.717) is 12.5 Å². The normalized spacial score (nSPS) is 16.3. The minimum atomic E-state index is -0.194. The summed E-state index contributed by atoms with van der Waals surface area (Å²) in [6, 6.07) is 8.32. The molecule has 1 atom stereocenters. The highest BCUT2D eigenvalue weighted by molar-refractivity contribution is 7.09. The molecule has 1 saturated heterocycles. The van der Waals surface area contributed by atoms with Crippen molar-refractivity contribution in [3.05, 3.63) is 46.3 Å². The second kappa shape index (κ2) is 11.0. The van der Waals surface area contributed by atoms with Crippen LogP contribution in [0.3, 0.4) is 0 Å². The molecule has 0 aliphatic carbocycles. The summed E-state index contributed by atoms with van der Waals surface area (Å²) in [7, 11) is 1.79. The van der Waals surface area contributed by atoms with Crippen molar-refractivity contribution in [3.63, 3.8) is 0 Å². The Hall–Kier alpha value is -2.61. The first-order valence-corrected chi connectivity index (χ1v) is 11.4. The number of pyridine rings is 1. The summed E-state index contributed by atoms with van der Waals surface area (Å²) in [5.41, 5.74) is 6.58. The number of amides is 1. The molecular formula is C22H32N6OS. The molecule has 3 heterocycles.